The number of piperidine rings is 1. The molecule has 2 aromatic carbocycles. The first-order valence-electron chi connectivity index (χ1n) is 11.0. The Balaban J connectivity index is 1.68. The summed E-state index contributed by atoms with van der Waals surface area (Å²) < 4.78 is 28.7. The molecule has 166 valence electrons. The predicted octanol–water partition coefficient (Wildman–Crippen LogP) is 3.40. The molecule has 2 aromatic rings. The van der Waals surface area contributed by atoms with Gasteiger partial charge in [0, 0.05) is 12.6 Å². The maximum Gasteiger partial charge on any atom is 0.245 e. The fourth-order valence-electron chi connectivity index (χ4n) is 4.63. The standard InChI is InChI=1S/C24H31N3O3S/c1-19-11-13-22(14-12-19)31(29,30)26-17-20(2)27(24(26)21-9-5-3-6-10-21)23(28)18-25-15-7-4-8-16-25/h3,5-6,9-14,20,24H,4,7-8,15-18H2,1-2H3/t20-,24+/m1/s1. The Morgan fingerprint density at radius 2 is 1.61 bits per heavy atom. The molecule has 2 fully saturated rings. The number of rotatable bonds is 5. The topological polar surface area (TPSA) is 60.9 Å². The lowest BCUT2D eigenvalue weighted by Gasteiger charge is -2.34. The number of aryl methyl sites for hydroxylation is 1. The molecule has 2 saturated heterocycles. The Morgan fingerprint density at radius 3 is 2.26 bits per heavy atom. The van der Waals surface area contributed by atoms with E-state index >= 15 is 0 Å². The second-order valence-corrected chi connectivity index (χ2v) is 10.5. The van der Waals surface area contributed by atoms with E-state index in [1.165, 1.54) is 10.7 Å². The lowest BCUT2D eigenvalue weighted by atomic mass is 10.1. The summed E-state index contributed by atoms with van der Waals surface area (Å²) in [5.74, 6) is -0.00939. The Morgan fingerprint density at radius 1 is 0.968 bits per heavy atom. The van der Waals surface area contributed by atoms with Crippen LogP contribution in [0.2, 0.25) is 0 Å². The maximum atomic E-state index is 13.6. The number of nitrogens with zero attached hydrogens (tertiary/aromatic N) is 3. The van der Waals surface area contributed by atoms with Crippen molar-refractivity contribution >= 4 is 15.9 Å². The van der Waals surface area contributed by atoms with E-state index in [1.54, 1.807) is 17.0 Å². The number of carbonyl (C=O) groups is 1. The van der Waals surface area contributed by atoms with Gasteiger partial charge in [-0.05, 0) is 57.5 Å². The van der Waals surface area contributed by atoms with Crippen LogP contribution >= 0.6 is 0 Å². The minimum absolute atomic E-state index is 0.00939. The smallest absolute Gasteiger partial charge is 0.245 e. The molecule has 0 aliphatic carbocycles. The number of benzene rings is 2. The van der Waals surface area contributed by atoms with Crippen LogP contribution in [0.1, 0.15) is 43.5 Å². The van der Waals surface area contributed by atoms with Crippen molar-refractivity contribution in [3.05, 3.63) is 65.7 Å². The molecule has 31 heavy (non-hydrogen) atoms. The molecule has 0 N–H and O–H groups in total. The van der Waals surface area contributed by atoms with Gasteiger partial charge in [0.15, 0.2) is 0 Å². The maximum absolute atomic E-state index is 13.6. The molecule has 0 spiro atoms. The molecule has 6 nitrogen and oxygen atoms in total. The predicted molar refractivity (Wildman–Crippen MR) is 121 cm³/mol. The van der Waals surface area contributed by atoms with Gasteiger partial charge in [-0.2, -0.15) is 4.31 Å². The Hall–Kier alpha value is -2.22. The van der Waals surface area contributed by atoms with Crippen LogP contribution < -0.4 is 0 Å². The van der Waals surface area contributed by atoms with Crippen molar-refractivity contribution in [2.45, 2.75) is 50.2 Å². The van der Waals surface area contributed by atoms with Crippen molar-refractivity contribution < 1.29 is 13.2 Å². The summed E-state index contributed by atoms with van der Waals surface area (Å²) in [6.45, 7) is 6.34. The number of hydrogen-bond acceptors (Lipinski definition) is 4. The average Bonchev–Trinajstić information content (AvgIpc) is 3.13. The van der Waals surface area contributed by atoms with E-state index in [-0.39, 0.29) is 23.4 Å². The molecule has 1 amide bonds. The van der Waals surface area contributed by atoms with Crippen LogP contribution in [0.3, 0.4) is 0 Å². The normalized spacial score (nSPS) is 23.2. The van der Waals surface area contributed by atoms with Crippen molar-refractivity contribution in [1.82, 2.24) is 14.1 Å². The molecule has 4 rings (SSSR count). The Bertz CT molecular complexity index is 1000. The van der Waals surface area contributed by atoms with E-state index in [9.17, 15) is 13.2 Å². The van der Waals surface area contributed by atoms with Gasteiger partial charge in [0.05, 0.1) is 11.4 Å². The van der Waals surface area contributed by atoms with Gasteiger partial charge in [0.1, 0.15) is 6.17 Å². The van der Waals surface area contributed by atoms with Gasteiger partial charge in [-0.1, -0.05) is 54.4 Å². The second kappa shape index (κ2) is 9.10. The number of carbonyl (C=O) groups excluding carboxylic acids is 1. The van der Waals surface area contributed by atoms with Crippen molar-refractivity contribution in [2.24, 2.45) is 0 Å². The third-order valence-corrected chi connectivity index (χ3v) is 8.11. The minimum atomic E-state index is -3.76. The van der Waals surface area contributed by atoms with Crippen molar-refractivity contribution in [3.8, 4) is 0 Å². The molecule has 2 atom stereocenters. The molecular weight excluding hydrogens is 410 g/mol. The van der Waals surface area contributed by atoms with Gasteiger partial charge < -0.3 is 4.90 Å². The van der Waals surface area contributed by atoms with Gasteiger partial charge in [-0.25, -0.2) is 8.42 Å². The molecule has 0 saturated carbocycles. The highest BCUT2D eigenvalue weighted by atomic mass is 32.2. The molecule has 0 aromatic heterocycles. The average molecular weight is 442 g/mol. The van der Waals surface area contributed by atoms with Gasteiger partial charge in [0.25, 0.3) is 0 Å². The van der Waals surface area contributed by atoms with Crippen molar-refractivity contribution in [2.75, 3.05) is 26.2 Å². The van der Waals surface area contributed by atoms with Crippen LogP contribution in [0.15, 0.2) is 59.5 Å². The number of likely N-dealkylation sites (tertiary alicyclic amines) is 1. The summed E-state index contributed by atoms with van der Waals surface area (Å²) in [6, 6.07) is 16.2. The second-order valence-electron chi connectivity index (χ2n) is 8.66. The lowest BCUT2D eigenvalue weighted by molar-refractivity contribution is -0.136. The first kappa shape index (κ1) is 22.0. The third-order valence-electron chi connectivity index (χ3n) is 6.28. The van der Waals surface area contributed by atoms with Crippen molar-refractivity contribution in [1.29, 1.82) is 0 Å². The fraction of sp³-hybridized carbons (Fsp3) is 0.458. The van der Waals surface area contributed by atoms with E-state index in [2.05, 4.69) is 4.90 Å². The lowest BCUT2D eigenvalue weighted by Crippen LogP contribution is -2.45. The van der Waals surface area contributed by atoms with Crippen LogP contribution in [-0.4, -0.2) is 60.7 Å². The highest BCUT2D eigenvalue weighted by Crippen LogP contribution is 2.38. The fourth-order valence-corrected chi connectivity index (χ4v) is 6.28. The molecular formula is C24H31N3O3S. The number of amides is 1. The molecule has 2 aliphatic rings. The van der Waals surface area contributed by atoms with E-state index in [4.69, 9.17) is 0 Å². The highest BCUT2D eigenvalue weighted by Gasteiger charge is 2.47. The largest absolute Gasteiger partial charge is 0.317 e. The summed E-state index contributed by atoms with van der Waals surface area (Å²) >= 11 is 0. The number of sulfonamides is 1. The first-order valence-corrected chi connectivity index (χ1v) is 12.5. The van der Waals surface area contributed by atoms with E-state index in [1.807, 2.05) is 56.3 Å². The molecule has 2 aliphatic heterocycles. The summed E-state index contributed by atoms with van der Waals surface area (Å²) in [5.41, 5.74) is 1.82. The molecule has 7 heteroatoms. The van der Waals surface area contributed by atoms with Gasteiger partial charge in [-0.15, -0.1) is 0 Å². The third kappa shape index (κ3) is 4.54. The summed E-state index contributed by atoms with van der Waals surface area (Å²) in [4.78, 5) is 17.7. The summed E-state index contributed by atoms with van der Waals surface area (Å²) in [6.07, 6.45) is 2.79. The van der Waals surface area contributed by atoms with Crippen LogP contribution in [0.5, 0.6) is 0 Å². The summed E-state index contributed by atoms with van der Waals surface area (Å²) in [7, 11) is -3.76. The molecule has 0 unspecified atom stereocenters. The van der Waals surface area contributed by atoms with Gasteiger partial charge in [0.2, 0.25) is 15.9 Å². The van der Waals surface area contributed by atoms with E-state index < -0.39 is 16.2 Å². The minimum Gasteiger partial charge on any atom is -0.317 e. The Labute approximate surface area is 185 Å². The molecule has 2 heterocycles. The Kier molecular flexibility index (Phi) is 6.46. The van der Waals surface area contributed by atoms with Gasteiger partial charge >= 0.3 is 0 Å². The SMILES string of the molecule is Cc1ccc(S(=O)(=O)N2C[C@@H](C)N(C(=O)CN3CCCCC3)[C@H]2c2ccccc2)cc1. The van der Waals surface area contributed by atoms with Crippen molar-refractivity contribution in [3.63, 3.8) is 0 Å². The molecule has 0 bridgehead atoms. The molecule has 0 radical (unpaired) electrons. The summed E-state index contributed by atoms with van der Waals surface area (Å²) in [5, 5.41) is 0. The zero-order valence-electron chi connectivity index (χ0n) is 18.3. The highest BCUT2D eigenvalue weighted by molar-refractivity contribution is 7.89. The van der Waals surface area contributed by atoms with Gasteiger partial charge in [-0.3, -0.25) is 9.69 Å². The van der Waals surface area contributed by atoms with Crippen LogP contribution in [0.25, 0.3) is 0 Å². The zero-order chi connectivity index (χ0) is 22.0. The number of hydrogen-bond donors (Lipinski definition) is 0. The monoisotopic (exact) mass is 441 g/mol. The van der Waals surface area contributed by atoms with Crippen LogP contribution in [0.4, 0.5) is 0 Å². The quantitative estimate of drug-likeness (QED) is 0.714. The van der Waals surface area contributed by atoms with Crippen LogP contribution in [-0.2, 0) is 14.8 Å². The first-order chi connectivity index (χ1) is 14.9. The zero-order valence-corrected chi connectivity index (χ0v) is 19.1. The van der Waals surface area contributed by atoms with Crippen LogP contribution in [0, 0.1) is 6.92 Å². The van der Waals surface area contributed by atoms with E-state index in [0.717, 1.165) is 37.1 Å². The van der Waals surface area contributed by atoms with E-state index in [0.29, 0.717) is 6.54 Å².